The molecule has 3 aromatic rings. The third-order valence-electron chi connectivity index (χ3n) is 7.03. The van der Waals surface area contributed by atoms with Gasteiger partial charge in [0.15, 0.2) is 0 Å². The van der Waals surface area contributed by atoms with Crippen LogP contribution in [0.4, 0.5) is 0 Å². The van der Waals surface area contributed by atoms with Crippen molar-refractivity contribution in [1.82, 2.24) is 5.32 Å². The molecule has 3 atom stereocenters. The van der Waals surface area contributed by atoms with E-state index in [2.05, 4.69) is 29.6 Å². The fourth-order valence-corrected chi connectivity index (χ4v) is 5.35. The Morgan fingerprint density at radius 1 is 1.00 bits per heavy atom. The van der Waals surface area contributed by atoms with Gasteiger partial charge in [-0.1, -0.05) is 48.4 Å². The largest absolute Gasteiger partial charge is 0.493 e. The number of fused-ring (bicyclic) bond motifs is 1. The van der Waals surface area contributed by atoms with Crippen molar-refractivity contribution in [3.8, 4) is 17.2 Å². The van der Waals surface area contributed by atoms with E-state index in [1.54, 1.807) is 36.4 Å². The highest BCUT2D eigenvalue weighted by molar-refractivity contribution is 6.32. The van der Waals surface area contributed by atoms with Gasteiger partial charge in [0.05, 0.1) is 17.5 Å². The number of ether oxygens (including phenoxy) is 2. The summed E-state index contributed by atoms with van der Waals surface area (Å²) >= 11 is 6.39. The molecule has 2 N–H and O–H groups in total. The lowest BCUT2D eigenvalue weighted by molar-refractivity contribution is -0.139. The van der Waals surface area contributed by atoms with E-state index in [-0.39, 0.29) is 11.9 Å². The second-order valence-corrected chi connectivity index (χ2v) is 9.83. The number of carboxylic acid groups (broad SMARTS) is 1. The van der Waals surface area contributed by atoms with Crippen LogP contribution < -0.4 is 14.8 Å². The van der Waals surface area contributed by atoms with Gasteiger partial charge in [-0.2, -0.15) is 0 Å². The zero-order valence-corrected chi connectivity index (χ0v) is 20.5. The molecule has 0 bridgehead atoms. The van der Waals surface area contributed by atoms with Gasteiger partial charge in [-0.15, -0.1) is 0 Å². The first kappa shape index (κ1) is 24.2. The number of halogens is 1. The van der Waals surface area contributed by atoms with Crippen molar-refractivity contribution in [1.29, 1.82) is 0 Å². The van der Waals surface area contributed by atoms with Gasteiger partial charge in [0.2, 0.25) is 0 Å². The molecule has 1 aliphatic heterocycles. The van der Waals surface area contributed by atoms with Gasteiger partial charge in [-0.25, -0.2) is 0 Å². The Hall–Kier alpha value is -3.51. The molecule has 0 radical (unpaired) electrons. The smallest absolute Gasteiger partial charge is 0.311 e. The average molecular weight is 506 g/mol. The number of hydrogen-bond acceptors (Lipinski definition) is 4. The molecule has 5 rings (SSSR count). The molecule has 186 valence electrons. The molecular weight excluding hydrogens is 478 g/mol. The minimum atomic E-state index is -0.901. The number of benzene rings is 3. The SMILES string of the molecule is O=C(NC1CCCC(c2ccccc2)C1)c1ccc(Oc2cc3c(cc2Cl)C(C(=O)O)CCO3)cc1. The summed E-state index contributed by atoms with van der Waals surface area (Å²) in [6.45, 7) is 0.321. The highest BCUT2D eigenvalue weighted by atomic mass is 35.5. The lowest BCUT2D eigenvalue weighted by Crippen LogP contribution is -2.37. The predicted octanol–water partition coefficient (Wildman–Crippen LogP) is 6.54. The molecule has 1 heterocycles. The second kappa shape index (κ2) is 10.6. The first-order valence-corrected chi connectivity index (χ1v) is 12.7. The first-order chi connectivity index (χ1) is 17.5. The van der Waals surface area contributed by atoms with Gasteiger partial charge in [-0.05, 0) is 67.5 Å². The van der Waals surface area contributed by atoms with E-state index in [0.29, 0.717) is 52.3 Å². The summed E-state index contributed by atoms with van der Waals surface area (Å²) in [5.41, 5.74) is 2.45. The van der Waals surface area contributed by atoms with Crippen LogP contribution in [0.3, 0.4) is 0 Å². The molecule has 1 aliphatic carbocycles. The molecule has 7 heteroatoms. The molecule has 0 aromatic heterocycles. The van der Waals surface area contributed by atoms with Gasteiger partial charge >= 0.3 is 5.97 Å². The summed E-state index contributed by atoms with van der Waals surface area (Å²) in [4.78, 5) is 24.4. The predicted molar refractivity (Wildman–Crippen MR) is 137 cm³/mol. The van der Waals surface area contributed by atoms with Crippen molar-refractivity contribution < 1.29 is 24.2 Å². The fourth-order valence-electron chi connectivity index (χ4n) is 5.14. The number of carbonyl (C=O) groups excluding carboxylic acids is 1. The van der Waals surface area contributed by atoms with Crippen molar-refractivity contribution in [2.45, 2.75) is 50.0 Å². The molecule has 1 amide bonds. The van der Waals surface area contributed by atoms with Gasteiger partial charge in [-0.3, -0.25) is 9.59 Å². The molecule has 0 spiro atoms. The lowest BCUT2D eigenvalue weighted by atomic mass is 9.81. The summed E-state index contributed by atoms with van der Waals surface area (Å²) in [5.74, 6) is 0.170. The number of carboxylic acids is 1. The summed E-state index contributed by atoms with van der Waals surface area (Å²) in [5, 5.41) is 13.0. The van der Waals surface area contributed by atoms with E-state index in [0.717, 1.165) is 25.7 Å². The van der Waals surface area contributed by atoms with Crippen molar-refractivity contribution in [2.24, 2.45) is 0 Å². The van der Waals surface area contributed by atoms with Crippen molar-refractivity contribution in [3.05, 3.63) is 88.4 Å². The number of aliphatic carboxylic acids is 1. The summed E-state index contributed by atoms with van der Waals surface area (Å²) in [6.07, 6.45) is 4.57. The zero-order valence-electron chi connectivity index (χ0n) is 19.8. The van der Waals surface area contributed by atoms with E-state index < -0.39 is 11.9 Å². The van der Waals surface area contributed by atoms with Crippen molar-refractivity contribution in [3.63, 3.8) is 0 Å². The van der Waals surface area contributed by atoms with Gasteiger partial charge in [0.1, 0.15) is 17.2 Å². The highest BCUT2D eigenvalue weighted by Gasteiger charge is 2.29. The van der Waals surface area contributed by atoms with Crippen molar-refractivity contribution in [2.75, 3.05) is 6.61 Å². The van der Waals surface area contributed by atoms with E-state index >= 15 is 0 Å². The Morgan fingerprint density at radius 3 is 2.53 bits per heavy atom. The van der Waals surface area contributed by atoms with Crippen LogP contribution in [0.2, 0.25) is 5.02 Å². The number of rotatable bonds is 6. The minimum Gasteiger partial charge on any atom is -0.493 e. The molecule has 6 nitrogen and oxygen atoms in total. The van der Waals surface area contributed by atoms with Crippen LogP contribution in [0.5, 0.6) is 17.2 Å². The van der Waals surface area contributed by atoms with Crippen LogP contribution in [-0.2, 0) is 4.79 Å². The van der Waals surface area contributed by atoms with Gasteiger partial charge in [0.25, 0.3) is 5.91 Å². The fraction of sp³-hybridized carbons (Fsp3) is 0.310. The molecule has 1 fully saturated rings. The Labute approximate surface area is 215 Å². The minimum absolute atomic E-state index is 0.0970. The Kier molecular flexibility index (Phi) is 7.14. The maximum absolute atomic E-state index is 12.9. The summed E-state index contributed by atoms with van der Waals surface area (Å²) in [6, 6.07) is 20.8. The standard InChI is InChI=1S/C29H28ClNO5/c30-25-16-24-23(29(33)34)13-14-35-26(24)17-27(25)36-22-11-9-19(10-12-22)28(32)31-21-8-4-7-20(15-21)18-5-2-1-3-6-18/h1-3,5-6,9-12,16-17,20-21,23H,4,7-8,13-15H2,(H,31,32)(H,33,34). The van der Waals surface area contributed by atoms with E-state index in [1.807, 2.05) is 6.07 Å². The van der Waals surface area contributed by atoms with Crippen LogP contribution in [0.1, 0.15) is 65.4 Å². The number of amides is 1. The maximum Gasteiger partial charge on any atom is 0.311 e. The lowest BCUT2D eigenvalue weighted by Gasteiger charge is -2.30. The van der Waals surface area contributed by atoms with Gasteiger partial charge < -0.3 is 19.9 Å². The van der Waals surface area contributed by atoms with Crippen LogP contribution in [0.25, 0.3) is 0 Å². The van der Waals surface area contributed by atoms with Crippen molar-refractivity contribution >= 4 is 23.5 Å². The maximum atomic E-state index is 12.9. The molecule has 0 saturated heterocycles. The van der Waals surface area contributed by atoms with Gasteiger partial charge in [0, 0.05) is 23.2 Å². The quantitative estimate of drug-likeness (QED) is 0.397. The van der Waals surface area contributed by atoms with Crippen LogP contribution >= 0.6 is 11.6 Å². The van der Waals surface area contributed by atoms with E-state index in [4.69, 9.17) is 21.1 Å². The molecule has 1 saturated carbocycles. The van der Waals surface area contributed by atoms with Crippen LogP contribution in [0, 0.1) is 0 Å². The Balaban J connectivity index is 1.23. The number of carbonyl (C=O) groups is 2. The molecule has 3 aromatic carbocycles. The van der Waals surface area contributed by atoms with E-state index in [1.165, 1.54) is 5.56 Å². The molecule has 3 unspecified atom stereocenters. The number of nitrogens with one attached hydrogen (secondary N) is 1. The Bertz CT molecular complexity index is 1240. The highest BCUT2D eigenvalue weighted by Crippen LogP contribution is 2.42. The van der Waals surface area contributed by atoms with Crippen LogP contribution in [-0.4, -0.2) is 29.6 Å². The summed E-state index contributed by atoms with van der Waals surface area (Å²) in [7, 11) is 0. The van der Waals surface area contributed by atoms with E-state index in [9.17, 15) is 14.7 Å². The molecular formula is C29H28ClNO5. The topological polar surface area (TPSA) is 84.9 Å². The number of hydrogen-bond donors (Lipinski definition) is 2. The second-order valence-electron chi connectivity index (χ2n) is 9.42. The monoisotopic (exact) mass is 505 g/mol. The third kappa shape index (κ3) is 5.34. The average Bonchev–Trinajstić information content (AvgIpc) is 2.90. The molecule has 36 heavy (non-hydrogen) atoms. The molecule has 2 aliphatic rings. The third-order valence-corrected chi connectivity index (χ3v) is 7.32. The normalized spacial score (nSPS) is 21.1. The first-order valence-electron chi connectivity index (χ1n) is 12.3. The summed E-state index contributed by atoms with van der Waals surface area (Å²) < 4.78 is 11.6. The zero-order chi connectivity index (χ0) is 25.1. The van der Waals surface area contributed by atoms with Crippen LogP contribution in [0.15, 0.2) is 66.7 Å². The Morgan fingerprint density at radius 2 is 1.78 bits per heavy atom.